The Labute approximate surface area is 99.3 Å². The second-order valence-electron chi connectivity index (χ2n) is 3.42. The lowest BCUT2D eigenvalue weighted by Crippen LogP contribution is -2.20. The van der Waals surface area contributed by atoms with Crippen LogP contribution >= 0.6 is 11.6 Å². The lowest BCUT2D eigenvalue weighted by atomic mass is 10.3. The highest BCUT2D eigenvalue weighted by Crippen LogP contribution is 2.03. The van der Waals surface area contributed by atoms with Gasteiger partial charge in [-0.05, 0) is 12.1 Å². The van der Waals surface area contributed by atoms with Gasteiger partial charge in [0.05, 0.1) is 23.5 Å². The molecule has 0 saturated carbocycles. The van der Waals surface area contributed by atoms with E-state index in [4.69, 9.17) is 11.6 Å². The maximum Gasteiger partial charge on any atom is 0.0785 e. The lowest BCUT2D eigenvalue weighted by Gasteiger charge is -2.04. The van der Waals surface area contributed by atoms with Gasteiger partial charge in [0, 0.05) is 25.5 Å². The Morgan fingerprint density at radius 1 is 1.38 bits per heavy atom. The summed E-state index contributed by atoms with van der Waals surface area (Å²) in [5, 5.41) is 8.05. The van der Waals surface area contributed by atoms with Crippen LogP contribution in [0, 0.1) is 0 Å². The van der Waals surface area contributed by atoms with E-state index in [2.05, 4.69) is 15.4 Å². The molecule has 0 unspecified atom stereocenters. The smallest absolute Gasteiger partial charge is 0.0785 e. The summed E-state index contributed by atoms with van der Waals surface area (Å²) < 4.78 is 1.81. The summed E-state index contributed by atoms with van der Waals surface area (Å²) in [6, 6.07) is 5.89. The molecule has 0 aliphatic rings. The van der Waals surface area contributed by atoms with Gasteiger partial charge in [0.25, 0.3) is 0 Å². The summed E-state index contributed by atoms with van der Waals surface area (Å²) in [5.74, 6) is 0. The molecule has 0 aliphatic heterocycles. The maximum atomic E-state index is 5.76. The van der Waals surface area contributed by atoms with Crippen LogP contribution in [-0.4, -0.2) is 21.3 Å². The van der Waals surface area contributed by atoms with E-state index in [1.807, 2.05) is 29.1 Å². The lowest BCUT2D eigenvalue weighted by molar-refractivity contribution is 0.551. The Hall–Kier alpha value is -1.39. The summed E-state index contributed by atoms with van der Waals surface area (Å²) in [4.78, 5) is 4.22. The number of nitrogens with one attached hydrogen (secondary N) is 1. The predicted molar refractivity (Wildman–Crippen MR) is 63.2 cm³/mol. The van der Waals surface area contributed by atoms with Crippen LogP contribution in [0.4, 0.5) is 0 Å². The van der Waals surface area contributed by atoms with Gasteiger partial charge < -0.3 is 5.32 Å². The minimum absolute atomic E-state index is 0.671. The van der Waals surface area contributed by atoms with E-state index >= 15 is 0 Å². The molecule has 0 amide bonds. The summed E-state index contributed by atoms with van der Waals surface area (Å²) in [6.07, 6.45) is 5.24. The van der Waals surface area contributed by atoms with Crippen molar-refractivity contribution in [1.29, 1.82) is 0 Å². The van der Waals surface area contributed by atoms with Gasteiger partial charge in [0.1, 0.15) is 0 Å². The molecule has 2 aromatic rings. The molecule has 0 saturated heterocycles. The van der Waals surface area contributed by atoms with Gasteiger partial charge in [-0.25, -0.2) is 0 Å². The normalized spacial score (nSPS) is 10.6. The highest BCUT2D eigenvalue weighted by Gasteiger charge is 1.95. The fourth-order valence-electron chi connectivity index (χ4n) is 1.37. The number of halogens is 1. The minimum atomic E-state index is 0.671. The van der Waals surface area contributed by atoms with Gasteiger partial charge in [-0.2, -0.15) is 5.10 Å². The molecule has 0 radical (unpaired) electrons. The Balaban J connectivity index is 1.69. The minimum Gasteiger partial charge on any atom is -0.309 e. The Morgan fingerprint density at radius 2 is 2.31 bits per heavy atom. The molecule has 0 fully saturated rings. The van der Waals surface area contributed by atoms with Gasteiger partial charge >= 0.3 is 0 Å². The van der Waals surface area contributed by atoms with Crippen LogP contribution in [-0.2, 0) is 13.1 Å². The van der Waals surface area contributed by atoms with Crippen molar-refractivity contribution < 1.29 is 0 Å². The van der Waals surface area contributed by atoms with Crippen molar-refractivity contribution in [2.45, 2.75) is 13.1 Å². The van der Waals surface area contributed by atoms with Crippen LogP contribution in [0.5, 0.6) is 0 Å². The Kier molecular flexibility index (Phi) is 3.91. The molecule has 84 valence electrons. The van der Waals surface area contributed by atoms with Gasteiger partial charge in [0.2, 0.25) is 0 Å². The van der Waals surface area contributed by atoms with Crippen molar-refractivity contribution in [2.24, 2.45) is 0 Å². The molecule has 16 heavy (non-hydrogen) atoms. The first-order valence-electron chi connectivity index (χ1n) is 5.13. The van der Waals surface area contributed by atoms with E-state index in [1.165, 1.54) is 0 Å². The number of pyridine rings is 1. The molecule has 2 rings (SSSR count). The zero-order valence-electron chi connectivity index (χ0n) is 8.81. The Morgan fingerprint density at radius 3 is 3.00 bits per heavy atom. The number of hydrogen-bond acceptors (Lipinski definition) is 3. The summed E-state index contributed by atoms with van der Waals surface area (Å²) >= 11 is 5.76. The van der Waals surface area contributed by atoms with E-state index < -0.39 is 0 Å². The molecule has 4 nitrogen and oxygen atoms in total. The average Bonchev–Trinajstić information content (AvgIpc) is 2.72. The van der Waals surface area contributed by atoms with Gasteiger partial charge in [-0.1, -0.05) is 17.7 Å². The van der Waals surface area contributed by atoms with E-state index in [-0.39, 0.29) is 0 Å². The molecular weight excluding hydrogens is 224 g/mol. The largest absolute Gasteiger partial charge is 0.309 e. The maximum absolute atomic E-state index is 5.76. The fourth-order valence-corrected chi connectivity index (χ4v) is 1.53. The second kappa shape index (κ2) is 5.63. The van der Waals surface area contributed by atoms with Crippen molar-refractivity contribution in [1.82, 2.24) is 20.1 Å². The molecule has 0 atom stereocenters. The third-order valence-electron chi connectivity index (χ3n) is 2.15. The van der Waals surface area contributed by atoms with Crippen molar-refractivity contribution in [3.05, 3.63) is 47.5 Å². The van der Waals surface area contributed by atoms with Crippen LogP contribution in [0.25, 0.3) is 0 Å². The van der Waals surface area contributed by atoms with Gasteiger partial charge in [-0.15, -0.1) is 0 Å². The second-order valence-corrected chi connectivity index (χ2v) is 3.86. The first-order valence-corrected chi connectivity index (χ1v) is 5.51. The van der Waals surface area contributed by atoms with Crippen LogP contribution in [0.3, 0.4) is 0 Å². The SMILES string of the molecule is Clc1cnn(CCNCc2ccccn2)c1. The van der Waals surface area contributed by atoms with Crippen LogP contribution in [0.15, 0.2) is 36.8 Å². The van der Waals surface area contributed by atoms with Gasteiger partial charge in [-0.3, -0.25) is 9.67 Å². The molecule has 0 spiro atoms. The van der Waals surface area contributed by atoms with Crippen molar-refractivity contribution in [2.75, 3.05) is 6.54 Å². The molecule has 0 aromatic carbocycles. The van der Waals surface area contributed by atoms with Crippen LogP contribution in [0.2, 0.25) is 5.02 Å². The third kappa shape index (κ3) is 3.32. The van der Waals surface area contributed by atoms with E-state index in [9.17, 15) is 0 Å². The monoisotopic (exact) mass is 236 g/mol. The Bertz CT molecular complexity index is 427. The summed E-state index contributed by atoms with van der Waals surface area (Å²) in [6.45, 7) is 2.42. The van der Waals surface area contributed by atoms with Crippen LogP contribution in [0.1, 0.15) is 5.69 Å². The molecule has 5 heteroatoms. The first kappa shape index (κ1) is 11.1. The first-order chi connectivity index (χ1) is 7.84. The summed E-state index contributed by atoms with van der Waals surface area (Å²) in [7, 11) is 0. The third-order valence-corrected chi connectivity index (χ3v) is 2.35. The van der Waals surface area contributed by atoms with Crippen molar-refractivity contribution in [3.8, 4) is 0 Å². The summed E-state index contributed by atoms with van der Waals surface area (Å²) in [5.41, 5.74) is 1.04. The molecule has 2 aromatic heterocycles. The van der Waals surface area contributed by atoms with Crippen LogP contribution < -0.4 is 5.32 Å². The quantitative estimate of drug-likeness (QED) is 0.804. The number of nitrogens with zero attached hydrogens (tertiary/aromatic N) is 3. The average molecular weight is 237 g/mol. The molecule has 0 aliphatic carbocycles. The van der Waals surface area contributed by atoms with E-state index in [0.29, 0.717) is 5.02 Å². The van der Waals surface area contributed by atoms with Crippen molar-refractivity contribution in [3.63, 3.8) is 0 Å². The number of rotatable bonds is 5. The topological polar surface area (TPSA) is 42.7 Å². The highest BCUT2D eigenvalue weighted by atomic mass is 35.5. The van der Waals surface area contributed by atoms with E-state index in [1.54, 1.807) is 12.4 Å². The van der Waals surface area contributed by atoms with Crippen molar-refractivity contribution >= 4 is 11.6 Å². The molecule has 2 heterocycles. The zero-order chi connectivity index (χ0) is 11.2. The highest BCUT2D eigenvalue weighted by molar-refractivity contribution is 6.30. The molecular formula is C11H13ClN4. The van der Waals surface area contributed by atoms with Gasteiger partial charge in [0.15, 0.2) is 0 Å². The number of hydrogen-bond donors (Lipinski definition) is 1. The number of aromatic nitrogens is 3. The zero-order valence-corrected chi connectivity index (χ0v) is 9.56. The predicted octanol–water partition coefficient (Wildman–Crippen LogP) is 1.72. The molecule has 1 N–H and O–H groups in total. The molecule has 0 bridgehead atoms. The standard InChI is InChI=1S/C11H13ClN4/c12-10-7-15-16(9-10)6-5-13-8-11-3-1-2-4-14-11/h1-4,7,9,13H,5-6,8H2. The van der Waals surface area contributed by atoms with E-state index in [0.717, 1.165) is 25.3 Å². The fraction of sp³-hybridized carbons (Fsp3) is 0.273.